The number of nitro groups is 1. The number of nitro benzene ring substituents is 1. The van der Waals surface area contributed by atoms with Gasteiger partial charge in [0, 0.05) is 23.4 Å². The molecule has 2 aromatic carbocycles. The molecule has 1 spiro atoms. The van der Waals surface area contributed by atoms with Gasteiger partial charge in [0.2, 0.25) is 5.72 Å². The van der Waals surface area contributed by atoms with Gasteiger partial charge in [-0.25, -0.2) is 0 Å². The minimum Gasteiger partial charge on any atom is -0.463 e. The Morgan fingerprint density at radius 1 is 1.26 bits per heavy atom. The van der Waals surface area contributed by atoms with Crippen LogP contribution in [0.5, 0.6) is 5.75 Å². The Morgan fingerprint density at radius 2 is 1.97 bits per heavy atom. The van der Waals surface area contributed by atoms with E-state index in [9.17, 15) is 14.9 Å². The molecular formula is C27H31BrN2O5. The maximum Gasteiger partial charge on any atom is 0.322 e. The second-order valence-electron chi connectivity index (χ2n) is 10.3. The summed E-state index contributed by atoms with van der Waals surface area (Å²) in [5, 5.41) is 11.2. The molecule has 2 aliphatic rings. The highest BCUT2D eigenvalue weighted by atomic mass is 79.9. The van der Waals surface area contributed by atoms with Crippen LogP contribution in [-0.4, -0.2) is 34.1 Å². The van der Waals surface area contributed by atoms with Gasteiger partial charge in [-0.2, -0.15) is 0 Å². The fourth-order valence-electron chi connectivity index (χ4n) is 5.22. The summed E-state index contributed by atoms with van der Waals surface area (Å²) >= 11 is 3.54. The highest BCUT2D eigenvalue weighted by Crippen LogP contribution is 2.54. The van der Waals surface area contributed by atoms with E-state index in [1.165, 1.54) is 12.1 Å². The minimum absolute atomic E-state index is 0.0184. The summed E-state index contributed by atoms with van der Waals surface area (Å²) in [5.41, 5.74) is 1.46. The lowest BCUT2D eigenvalue weighted by Gasteiger charge is -2.47. The molecule has 8 heteroatoms. The number of carbonyl (C=O) groups is 1. The molecule has 0 aromatic heterocycles. The van der Waals surface area contributed by atoms with Crippen LogP contribution in [0.3, 0.4) is 0 Å². The van der Waals surface area contributed by atoms with Crippen LogP contribution in [0.2, 0.25) is 0 Å². The normalized spacial score (nSPS) is 21.3. The largest absolute Gasteiger partial charge is 0.463 e. The summed E-state index contributed by atoms with van der Waals surface area (Å²) < 4.78 is 11.6. The third-order valence-electron chi connectivity index (χ3n) is 6.89. The minimum atomic E-state index is -0.887. The SMILES string of the molecule is CC(C)CC(C)(Br)C(=O)OCCN1c2ccccc2C(C)(C)C12C=Cc1cc([N+](=O)[O-])ccc1O2. The lowest BCUT2D eigenvalue weighted by Crippen LogP contribution is -2.60. The van der Waals surface area contributed by atoms with Crippen molar-refractivity contribution >= 4 is 39.4 Å². The molecule has 0 fully saturated rings. The molecule has 0 saturated carbocycles. The number of benzene rings is 2. The summed E-state index contributed by atoms with van der Waals surface area (Å²) in [5.74, 6) is 0.633. The lowest BCUT2D eigenvalue weighted by atomic mass is 9.76. The quantitative estimate of drug-likeness (QED) is 0.178. The molecule has 7 nitrogen and oxygen atoms in total. The van der Waals surface area contributed by atoms with Crippen molar-refractivity contribution in [2.45, 2.75) is 56.5 Å². The lowest BCUT2D eigenvalue weighted by molar-refractivity contribution is -0.384. The first kappa shape index (κ1) is 25.2. The summed E-state index contributed by atoms with van der Waals surface area (Å²) in [7, 11) is 0. The number of hydrogen-bond acceptors (Lipinski definition) is 6. The molecule has 0 radical (unpaired) electrons. The van der Waals surface area contributed by atoms with E-state index >= 15 is 0 Å². The van der Waals surface area contributed by atoms with Gasteiger partial charge in [0.15, 0.2) is 0 Å². The van der Waals surface area contributed by atoms with E-state index in [0.717, 1.165) is 11.3 Å². The number of rotatable bonds is 7. The number of non-ortho nitro benzene ring substituents is 1. The van der Waals surface area contributed by atoms with Crippen molar-refractivity contribution in [3.05, 3.63) is 69.8 Å². The zero-order valence-electron chi connectivity index (χ0n) is 20.7. The molecule has 4 rings (SSSR count). The van der Waals surface area contributed by atoms with E-state index in [-0.39, 0.29) is 18.3 Å². The van der Waals surface area contributed by atoms with Gasteiger partial charge in [-0.15, -0.1) is 0 Å². The Morgan fingerprint density at radius 3 is 2.66 bits per heavy atom. The van der Waals surface area contributed by atoms with Gasteiger partial charge in [-0.1, -0.05) is 48.0 Å². The van der Waals surface area contributed by atoms with Gasteiger partial charge < -0.3 is 14.4 Å². The number of anilines is 1. The van der Waals surface area contributed by atoms with E-state index in [1.807, 2.05) is 37.3 Å². The first-order valence-corrected chi connectivity index (χ1v) is 12.6. The van der Waals surface area contributed by atoms with Crippen molar-refractivity contribution in [1.29, 1.82) is 0 Å². The number of halogens is 1. The molecule has 186 valence electrons. The average molecular weight is 543 g/mol. The first-order chi connectivity index (χ1) is 16.4. The van der Waals surface area contributed by atoms with Gasteiger partial charge in [0.1, 0.15) is 16.7 Å². The Kier molecular flexibility index (Phi) is 6.47. The van der Waals surface area contributed by atoms with E-state index < -0.39 is 20.4 Å². The fourth-order valence-corrected chi connectivity index (χ4v) is 5.98. The van der Waals surface area contributed by atoms with Crippen LogP contribution in [0.25, 0.3) is 6.08 Å². The predicted molar refractivity (Wildman–Crippen MR) is 140 cm³/mol. The van der Waals surface area contributed by atoms with Gasteiger partial charge in [0.25, 0.3) is 5.69 Å². The molecule has 0 N–H and O–H groups in total. The first-order valence-electron chi connectivity index (χ1n) is 11.8. The molecule has 0 amide bonds. The highest BCUT2D eigenvalue weighted by molar-refractivity contribution is 9.10. The Labute approximate surface area is 214 Å². The maximum absolute atomic E-state index is 12.8. The maximum atomic E-state index is 12.8. The number of ether oxygens (including phenoxy) is 2. The summed E-state index contributed by atoms with van der Waals surface area (Å²) in [6.45, 7) is 10.8. The second kappa shape index (κ2) is 8.97. The molecule has 0 saturated heterocycles. The topological polar surface area (TPSA) is 81.9 Å². The zero-order chi connectivity index (χ0) is 25.6. The van der Waals surface area contributed by atoms with Crippen molar-refractivity contribution in [3.8, 4) is 5.75 Å². The van der Waals surface area contributed by atoms with E-state index in [2.05, 4.69) is 54.6 Å². The molecule has 2 atom stereocenters. The Balaban J connectivity index is 1.64. The van der Waals surface area contributed by atoms with Gasteiger partial charge in [-0.05, 0) is 63.0 Å². The average Bonchev–Trinajstić information content (AvgIpc) is 2.96. The summed E-state index contributed by atoms with van der Waals surface area (Å²) in [6, 6.07) is 12.7. The summed E-state index contributed by atoms with van der Waals surface area (Å²) in [6.07, 6.45) is 4.52. The second-order valence-corrected chi connectivity index (χ2v) is 12.1. The van der Waals surface area contributed by atoms with Gasteiger partial charge in [-0.3, -0.25) is 14.9 Å². The third kappa shape index (κ3) is 4.33. The summed E-state index contributed by atoms with van der Waals surface area (Å²) in [4.78, 5) is 25.7. The molecular weight excluding hydrogens is 512 g/mol. The Hall–Kier alpha value is -2.87. The van der Waals surface area contributed by atoms with Crippen LogP contribution in [0.4, 0.5) is 11.4 Å². The highest BCUT2D eigenvalue weighted by Gasteiger charge is 2.58. The number of hydrogen-bond donors (Lipinski definition) is 0. The smallest absolute Gasteiger partial charge is 0.322 e. The van der Waals surface area contributed by atoms with Crippen LogP contribution in [-0.2, 0) is 14.9 Å². The Bertz CT molecular complexity index is 1190. The molecule has 35 heavy (non-hydrogen) atoms. The van der Waals surface area contributed by atoms with E-state index in [4.69, 9.17) is 9.47 Å². The fraction of sp³-hybridized carbons (Fsp3) is 0.444. The number of carbonyl (C=O) groups excluding carboxylic acids is 1. The monoisotopic (exact) mass is 542 g/mol. The number of alkyl halides is 1. The molecule has 2 unspecified atom stereocenters. The molecule has 2 aromatic rings. The van der Waals surface area contributed by atoms with Crippen molar-refractivity contribution in [2.24, 2.45) is 5.92 Å². The molecule has 2 aliphatic heterocycles. The number of esters is 1. The number of para-hydroxylation sites is 1. The number of fused-ring (bicyclic) bond motifs is 2. The van der Waals surface area contributed by atoms with Crippen molar-refractivity contribution in [3.63, 3.8) is 0 Å². The number of nitrogens with zero attached hydrogens (tertiary/aromatic N) is 2. The third-order valence-corrected chi connectivity index (χ3v) is 7.54. The van der Waals surface area contributed by atoms with Crippen molar-refractivity contribution < 1.29 is 19.2 Å². The van der Waals surface area contributed by atoms with E-state index in [0.29, 0.717) is 30.2 Å². The van der Waals surface area contributed by atoms with Crippen molar-refractivity contribution in [1.82, 2.24) is 0 Å². The van der Waals surface area contributed by atoms with Crippen LogP contribution in [0, 0.1) is 16.0 Å². The molecule has 2 heterocycles. The van der Waals surface area contributed by atoms with Crippen LogP contribution in [0.1, 0.15) is 52.2 Å². The molecule has 0 bridgehead atoms. The van der Waals surface area contributed by atoms with Crippen LogP contribution in [0.15, 0.2) is 48.5 Å². The standard InChI is InChI=1S/C27H31BrN2O5/c1-18(2)17-26(5,28)24(31)34-15-14-29-22-9-7-6-8-21(22)25(3,4)27(29)13-12-19-16-20(30(32)33)10-11-23(19)35-27/h6-13,16,18H,14-15,17H2,1-5H3. The van der Waals surface area contributed by atoms with Crippen LogP contribution >= 0.6 is 15.9 Å². The predicted octanol–water partition coefficient (Wildman–Crippen LogP) is 6.24. The molecule has 0 aliphatic carbocycles. The van der Waals surface area contributed by atoms with Crippen LogP contribution < -0.4 is 9.64 Å². The van der Waals surface area contributed by atoms with Gasteiger partial charge >= 0.3 is 5.97 Å². The van der Waals surface area contributed by atoms with E-state index in [1.54, 1.807) is 6.07 Å². The van der Waals surface area contributed by atoms with Gasteiger partial charge in [0.05, 0.1) is 16.9 Å². The van der Waals surface area contributed by atoms with Crippen molar-refractivity contribution in [2.75, 3.05) is 18.1 Å². The zero-order valence-corrected chi connectivity index (χ0v) is 22.3.